The van der Waals surface area contributed by atoms with E-state index in [-0.39, 0.29) is 24.9 Å². The maximum atomic E-state index is 11.9. The molecule has 5 N–H and O–H groups in total. The minimum Gasteiger partial charge on any atom is -0.493 e. The molecule has 1 aliphatic heterocycles. The first-order valence-electron chi connectivity index (χ1n) is 12.3. The molecule has 0 spiro atoms. The van der Waals surface area contributed by atoms with Gasteiger partial charge >= 0.3 is 11.9 Å². The monoisotopic (exact) mass is 562 g/mol. The molecule has 1 aliphatic rings. The number of carbonyl (C=O) groups is 4. The quantitative estimate of drug-likeness (QED) is 0.174. The van der Waals surface area contributed by atoms with Crippen LogP contribution in [-0.4, -0.2) is 85.6 Å². The number of anilines is 1. The molecule has 1 amide bonds. The molecule has 0 fully saturated rings. The zero-order valence-electron chi connectivity index (χ0n) is 22.5. The summed E-state index contributed by atoms with van der Waals surface area (Å²) in [6.45, 7) is 2.50. The number of aliphatic carboxylic acids is 2. The van der Waals surface area contributed by atoms with Crippen molar-refractivity contribution in [3.63, 3.8) is 0 Å². The van der Waals surface area contributed by atoms with Crippen LogP contribution >= 0.6 is 0 Å². The van der Waals surface area contributed by atoms with Crippen molar-refractivity contribution < 1.29 is 53.4 Å². The lowest BCUT2D eigenvalue weighted by Gasteiger charge is -2.23. The third-order valence-electron chi connectivity index (χ3n) is 5.56. The van der Waals surface area contributed by atoms with Gasteiger partial charge in [-0.3, -0.25) is 9.59 Å². The number of aliphatic hydroxyl groups is 1. The molecule has 0 radical (unpaired) electrons. The highest BCUT2D eigenvalue weighted by molar-refractivity contribution is 6.27. The Labute approximate surface area is 231 Å². The number of methoxy groups -OCH3 is 2. The average molecular weight is 563 g/mol. The minimum atomic E-state index is -1.82. The highest BCUT2D eigenvalue weighted by atomic mass is 16.5. The normalized spacial score (nSPS) is 12.6. The predicted molar refractivity (Wildman–Crippen MR) is 142 cm³/mol. The van der Waals surface area contributed by atoms with E-state index in [2.05, 4.69) is 10.6 Å². The topological polar surface area (TPSA) is 190 Å². The van der Waals surface area contributed by atoms with Gasteiger partial charge in [0.05, 0.1) is 19.9 Å². The van der Waals surface area contributed by atoms with Crippen LogP contribution in [0.1, 0.15) is 24.5 Å². The number of carboxylic acid groups (broad SMARTS) is 2. The summed E-state index contributed by atoms with van der Waals surface area (Å²) in [5, 5.41) is 31.2. The first kappa shape index (κ1) is 31.9. The fraction of sp³-hybridized carbons (Fsp3) is 0.407. The summed E-state index contributed by atoms with van der Waals surface area (Å²) < 4.78 is 22.0. The Bertz CT molecular complexity index is 1190. The van der Waals surface area contributed by atoms with E-state index in [1.54, 1.807) is 26.4 Å². The molecule has 0 aliphatic carbocycles. The van der Waals surface area contributed by atoms with Crippen LogP contribution in [0.2, 0.25) is 0 Å². The number of amides is 1. The molecule has 1 unspecified atom stereocenters. The van der Waals surface area contributed by atoms with Gasteiger partial charge in [0.15, 0.2) is 17.3 Å². The van der Waals surface area contributed by atoms with Crippen LogP contribution in [0.25, 0.3) is 0 Å². The van der Waals surface area contributed by atoms with Crippen LogP contribution in [0.3, 0.4) is 0 Å². The van der Waals surface area contributed by atoms with Crippen LogP contribution < -0.4 is 29.6 Å². The summed E-state index contributed by atoms with van der Waals surface area (Å²) in [5.41, 5.74) is 2.42. The van der Waals surface area contributed by atoms with E-state index in [1.165, 1.54) is 6.92 Å². The number of fused-ring (bicyclic) bond motifs is 1. The third-order valence-corrected chi connectivity index (χ3v) is 5.56. The lowest BCUT2D eigenvalue weighted by Crippen LogP contribution is -2.32. The summed E-state index contributed by atoms with van der Waals surface area (Å²) in [6, 6.07) is 9.19. The van der Waals surface area contributed by atoms with Crippen molar-refractivity contribution >= 4 is 29.3 Å². The van der Waals surface area contributed by atoms with Crippen LogP contribution in [0.5, 0.6) is 23.0 Å². The van der Waals surface area contributed by atoms with E-state index in [0.717, 1.165) is 17.5 Å². The summed E-state index contributed by atoms with van der Waals surface area (Å²) in [4.78, 5) is 41.3. The zero-order chi connectivity index (χ0) is 29.7. The molecule has 2 aromatic carbocycles. The number of hydrogen-bond donors (Lipinski definition) is 5. The van der Waals surface area contributed by atoms with E-state index in [9.17, 15) is 14.7 Å². The number of carboxylic acids is 2. The van der Waals surface area contributed by atoms with Crippen LogP contribution in [0, 0.1) is 0 Å². The molecule has 1 atom stereocenters. The van der Waals surface area contributed by atoms with E-state index < -0.39 is 18.0 Å². The van der Waals surface area contributed by atoms with Gasteiger partial charge in [0.2, 0.25) is 5.91 Å². The number of Topliss-reactive ketones (excluding diaryl/α,β-unsaturated/α-hetero) is 1. The van der Waals surface area contributed by atoms with Crippen LogP contribution in [0.4, 0.5) is 5.69 Å². The van der Waals surface area contributed by atoms with E-state index in [4.69, 9.17) is 38.7 Å². The molecular formula is C27H34N2O11. The molecular weight excluding hydrogens is 528 g/mol. The second-order valence-corrected chi connectivity index (χ2v) is 8.67. The fourth-order valence-electron chi connectivity index (χ4n) is 3.65. The van der Waals surface area contributed by atoms with Crippen molar-refractivity contribution in [2.75, 3.05) is 45.8 Å². The van der Waals surface area contributed by atoms with Gasteiger partial charge in [-0.25, -0.2) is 9.59 Å². The molecule has 13 nitrogen and oxygen atoms in total. The first-order valence-corrected chi connectivity index (χ1v) is 12.3. The maximum Gasteiger partial charge on any atom is 0.414 e. The Morgan fingerprint density at radius 1 is 0.950 bits per heavy atom. The van der Waals surface area contributed by atoms with Gasteiger partial charge in [-0.2, -0.15) is 0 Å². The lowest BCUT2D eigenvalue weighted by atomic mass is 10.0. The Hall–Kier alpha value is -4.36. The van der Waals surface area contributed by atoms with Gasteiger partial charge in [-0.05, 0) is 56.1 Å². The van der Waals surface area contributed by atoms with Gasteiger partial charge in [0, 0.05) is 18.5 Å². The molecule has 0 bridgehead atoms. The largest absolute Gasteiger partial charge is 0.493 e. The van der Waals surface area contributed by atoms with E-state index >= 15 is 0 Å². The Morgan fingerprint density at radius 2 is 1.60 bits per heavy atom. The fourth-order valence-corrected chi connectivity index (χ4v) is 3.65. The van der Waals surface area contributed by atoms with Crippen LogP contribution in [0.15, 0.2) is 30.3 Å². The third kappa shape index (κ3) is 10.1. The molecule has 0 saturated heterocycles. The van der Waals surface area contributed by atoms with Gasteiger partial charge in [-0.15, -0.1) is 0 Å². The number of aliphatic hydroxyl groups excluding tert-OH is 1. The highest BCUT2D eigenvalue weighted by Crippen LogP contribution is 2.39. The summed E-state index contributed by atoms with van der Waals surface area (Å²) in [5.74, 6) is -1.49. The smallest absolute Gasteiger partial charge is 0.414 e. The molecule has 3 rings (SSSR count). The van der Waals surface area contributed by atoms with Crippen molar-refractivity contribution in [2.24, 2.45) is 0 Å². The number of nitrogens with one attached hydrogen (secondary N) is 2. The van der Waals surface area contributed by atoms with Crippen molar-refractivity contribution in [3.05, 3.63) is 41.5 Å². The molecule has 40 heavy (non-hydrogen) atoms. The number of ether oxygens (including phenoxy) is 4. The minimum absolute atomic E-state index is 0.0732. The predicted octanol–water partition coefficient (Wildman–Crippen LogP) is 1.28. The molecule has 1 heterocycles. The summed E-state index contributed by atoms with van der Waals surface area (Å²) in [6.07, 6.45) is 0.878. The number of rotatable bonds is 13. The number of ketones is 1. The van der Waals surface area contributed by atoms with Crippen molar-refractivity contribution in [1.29, 1.82) is 0 Å². The Morgan fingerprint density at radius 3 is 2.23 bits per heavy atom. The number of carbonyl (C=O) groups excluding carboxylic acids is 2. The Balaban J connectivity index is 0.000000840. The van der Waals surface area contributed by atoms with E-state index in [0.29, 0.717) is 54.6 Å². The Kier molecular flexibility index (Phi) is 12.7. The standard InChI is InChI=1S/C25H32N2O7.C2H2O4/c1-16(28)14-33-22-8-7-20(19-5-9-24(30)27-25(19)22)34-15-18(29)13-26-11-10-17-4-6-21(31-2)23(12-17)32-3;3-1(4)2(5)6/h4,6-8,12,18,26,29H,5,9-11,13-15H2,1-3H3,(H,27,30);(H,3,4)(H,5,6). The number of hydrogen-bond acceptors (Lipinski definition) is 10. The first-order chi connectivity index (χ1) is 19.0. The molecule has 218 valence electrons. The van der Waals surface area contributed by atoms with Gasteiger partial charge in [-0.1, -0.05) is 6.07 Å². The number of benzene rings is 2. The highest BCUT2D eigenvalue weighted by Gasteiger charge is 2.23. The SMILES string of the molecule is COc1ccc(CCNCC(O)COc2ccc(OCC(C)=O)c3c2CCC(=O)N3)cc1OC.O=C(O)C(=O)O. The summed E-state index contributed by atoms with van der Waals surface area (Å²) >= 11 is 0. The van der Waals surface area contributed by atoms with Crippen molar-refractivity contribution in [2.45, 2.75) is 32.3 Å². The van der Waals surface area contributed by atoms with Gasteiger partial charge < -0.3 is 44.9 Å². The van der Waals surface area contributed by atoms with E-state index in [1.807, 2.05) is 18.2 Å². The van der Waals surface area contributed by atoms with Gasteiger partial charge in [0.25, 0.3) is 0 Å². The molecule has 0 aromatic heterocycles. The zero-order valence-corrected chi connectivity index (χ0v) is 22.5. The molecule has 13 heteroatoms. The van der Waals surface area contributed by atoms with Crippen molar-refractivity contribution in [3.8, 4) is 23.0 Å². The van der Waals surface area contributed by atoms with Gasteiger partial charge in [0.1, 0.15) is 30.8 Å². The molecule has 0 saturated carbocycles. The average Bonchev–Trinajstić information content (AvgIpc) is 2.93. The lowest BCUT2D eigenvalue weighted by molar-refractivity contribution is -0.159. The molecule has 2 aromatic rings. The summed E-state index contributed by atoms with van der Waals surface area (Å²) in [7, 11) is 3.21. The second-order valence-electron chi connectivity index (χ2n) is 8.67. The van der Waals surface area contributed by atoms with Crippen LogP contribution in [-0.2, 0) is 32.0 Å². The maximum absolute atomic E-state index is 11.9. The second kappa shape index (κ2) is 15.9. The van der Waals surface area contributed by atoms with Crippen molar-refractivity contribution in [1.82, 2.24) is 5.32 Å².